The molecule has 1 N–H and O–H groups in total. The standard InChI is InChI=1S/C32H42OSi/c1-20(2)34(21(3)4,22(5)6)29-19-23(32(7,8)9)18-28(31(29)33)30-26-16-12-10-14-24(26)25-15-11-13-17-27(25)30/h10-22,30,33H,1-9H3. The molecule has 4 rings (SSSR count). The van der Waals surface area contributed by atoms with Gasteiger partial charge in [-0.2, -0.15) is 0 Å². The Morgan fingerprint density at radius 2 is 1.12 bits per heavy atom. The first-order chi connectivity index (χ1) is 15.9. The van der Waals surface area contributed by atoms with Crippen molar-refractivity contribution in [3.05, 3.63) is 82.9 Å². The number of fused-ring (bicyclic) bond motifs is 3. The fourth-order valence-corrected chi connectivity index (χ4v) is 13.9. The lowest BCUT2D eigenvalue weighted by Crippen LogP contribution is -2.56. The van der Waals surface area contributed by atoms with E-state index in [9.17, 15) is 5.11 Å². The minimum absolute atomic E-state index is 0.0000808. The molecule has 1 nitrogen and oxygen atoms in total. The molecule has 0 radical (unpaired) electrons. The molecule has 0 atom stereocenters. The molecule has 0 saturated heterocycles. The van der Waals surface area contributed by atoms with Crippen LogP contribution in [-0.2, 0) is 5.41 Å². The van der Waals surface area contributed by atoms with Gasteiger partial charge in [-0.15, -0.1) is 0 Å². The number of benzene rings is 3. The first kappa shape index (κ1) is 24.8. The lowest BCUT2D eigenvalue weighted by Gasteiger charge is -2.45. The van der Waals surface area contributed by atoms with E-state index in [1.807, 2.05) is 0 Å². The SMILES string of the molecule is CC(C)[Si](c1cc(C(C)(C)C)cc(C2c3ccccc3-c3ccccc32)c1O)(C(C)C)C(C)C. The summed E-state index contributed by atoms with van der Waals surface area (Å²) < 4.78 is 0. The second-order valence-electron chi connectivity index (χ2n) is 12.2. The van der Waals surface area contributed by atoms with Crippen LogP contribution < -0.4 is 5.19 Å². The van der Waals surface area contributed by atoms with Gasteiger partial charge in [0.15, 0.2) is 0 Å². The van der Waals surface area contributed by atoms with E-state index in [1.54, 1.807) is 0 Å². The third kappa shape index (κ3) is 3.66. The van der Waals surface area contributed by atoms with Crippen molar-refractivity contribution in [2.45, 2.75) is 90.3 Å². The maximum Gasteiger partial charge on any atom is 0.119 e. The molecule has 0 saturated carbocycles. The molecule has 1 aliphatic rings. The molecule has 0 spiro atoms. The van der Waals surface area contributed by atoms with E-state index < -0.39 is 8.07 Å². The van der Waals surface area contributed by atoms with Crippen molar-refractivity contribution < 1.29 is 5.11 Å². The van der Waals surface area contributed by atoms with Gasteiger partial charge < -0.3 is 5.11 Å². The summed E-state index contributed by atoms with van der Waals surface area (Å²) in [4.78, 5) is 0. The van der Waals surface area contributed by atoms with Crippen molar-refractivity contribution in [3.63, 3.8) is 0 Å². The van der Waals surface area contributed by atoms with Crippen LogP contribution in [0.25, 0.3) is 11.1 Å². The molecule has 0 aliphatic heterocycles. The van der Waals surface area contributed by atoms with Crippen LogP contribution in [-0.4, -0.2) is 13.2 Å². The van der Waals surface area contributed by atoms with Crippen molar-refractivity contribution in [2.75, 3.05) is 0 Å². The number of phenols is 1. The van der Waals surface area contributed by atoms with Gasteiger partial charge in [-0.1, -0.05) is 123 Å². The summed E-state index contributed by atoms with van der Waals surface area (Å²) in [6.45, 7) is 21.2. The predicted molar refractivity (Wildman–Crippen MR) is 150 cm³/mol. The first-order valence-corrected chi connectivity index (χ1v) is 15.2. The molecule has 34 heavy (non-hydrogen) atoms. The third-order valence-electron chi connectivity index (χ3n) is 8.48. The summed E-state index contributed by atoms with van der Waals surface area (Å²) in [5.74, 6) is 0.610. The summed E-state index contributed by atoms with van der Waals surface area (Å²) in [6, 6.07) is 22.2. The lowest BCUT2D eigenvalue weighted by molar-refractivity contribution is 0.469. The summed E-state index contributed by atoms with van der Waals surface area (Å²) in [5, 5.41) is 13.5. The number of phenolic OH excluding ortho intramolecular Hbond substituents is 1. The van der Waals surface area contributed by atoms with E-state index in [4.69, 9.17) is 0 Å². The maximum atomic E-state index is 12.2. The zero-order valence-corrected chi connectivity index (χ0v) is 23.5. The lowest BCUT2D eigenvalue weighted by atomic mass is 9.82. The Morgan fingerprint density at radius 3 is 1.53 bits per heavy atom. The topological polar surface area (TPSA) is 20.2 Å². The van der Waals surface area contributed by atoms with Gasteiger partial charge in [0.05, 0.1) is 8.07 Å². The fourth-order valence-electron chi connectivity index (χ4n) is 7.06. The molecule has 180 valence electrons. The van der Waals surface area contributed by atoms with E-state index in [1.165, 1.54) is 33.0 Å². The van der Waals surface area contributed by atoms with E-state index >= 15 is 0 Å². The molecule has 3 aromatic rings. The van der Waals surface area contributed by atoms with Crippen LogP contribution >= 0.6 is 0 Å². The van der Waals surface area contributed by atoms with Crippen LogP contribution in [0.3, 0.4) is 0 Å². The maximum absolute atomic E-state index is 12.2. The van der Waals surface area contributed by atoms with Crippen LogP contribution in [0, 0.1) is 0 Å². The van der Waals surface area contributed by atoms with Gasteiger partial charge in [0.25, 0.3) is 0 Å². The molecule has 0 amide bonds. The number of hydrogen-bond acceptors (Lipinski definition) is 1. The van der Waals surface area contributed by atoms with E-state index in [0.717, 1.165) is 5.56 Å². The van der Waals surface area contributed by atoms with Gasteiger partial charge in [-0.25, -0.2) is 0 Å². The Kier molecular flexibility index (Phi) is 6.35. The highest BCUT2D eigenvalue weighted by molar-refractivity contribution is 6.95. The van der Waals surface area contributed by atoms with Gasteiger partial charge in [0.1, 0.15) is 5.75 Å². The second-order valence-corrected chi connectivity index (χ2v) is 18.1. The number of hydrogen-bond donors (Lipinski definition) is 1. The molecule has 0 heterocycles. The minimum atomic E-state index is -2.07. The normalized spacial score (nSPS) is 14.2. The van der Waals surface area contributed by atoms with Gasteiger partial charge in [-0.05, 0) is 55.0 Å². The van der Waals surface area contributed by atoms with Crippen LogP contribution in [0.2, 0.25) is 16.6 Å². The molecule has 0 fully saturated rings. The van der Waals surface area contributed by atoms with Crippen LogP contribution in [0.15, 0.2) is 60.7 Å². The molecular formula is C32H42OSi. The van der Waals surface area contributed by atoms with Gasteiger partial charge in [-0.3, -0.25) is 0 Å². The molecular weight excluding hydrogens is 428 g/mol. The Balaban J connectivity index is 2.10. The van der Waals surface area contributed by atoms with Gasteiger partial charge in [0, 0.05) is 11.5 Å². The minimum Gasteiger partial charge on any atom is -0.508 e. The van der Waals surface area contributed by atoms with Crippen LogP contribution in [0.4, 0.5) is 0 Å². The summed E-state index contributed by atoms with van der Waals surface area (Å²) in [6.07, 6.45) is 0. The van der Waals surface area contributed by atoms with Crippen LogP contribution in [0.1, 0.15) is 90.5 Å². The Hall–Kier alpha value is -2.32. The zero-order chi connectivity index (χ0) is 25.0. The largest absolute Gasteiger partial charge is 0.508 e. The quantitative estimate of drug-likeness (QED) is 0.289. The average molecular weight is 471 g/mol. The molecule has 1 aliphatic carbocycles. The van der Waals surface area contributed by atoms with Crippen molar-refractivity contribution in [2.24, 2.45) is 0 Å². The average Bonchev–Trinajstić information content (AvgIpc) is 3.08. The van der Waals surface area contributed by atoms with Crippen molar-refractivity contribution in [1.29, 1.82) is 0 Å². The van der Waals surface area contributed by atoms with E-state index in [0.29, 0.717) is 22.4 Å². The summed E-state index contributed by atoms with van der Waals surface area (Å²) in [7, 11) is -2.07. The van der Waals surface area contributed by atoms with Crippen LogP contribution in [0.5, 0.6) is 5.75 Å². The Labute approximate surface area is 208 Å². The molecule has 3 aromatic carbocycles. The summed E-state index contributed by atoms with van der Waals surface area (Å²) >= 11 is 0. The van der Waals surface area contributed by atoms with Gasteiger partial charge in [0.2, 0.25) is 0 Å². The number of rotatable bonds is 5. The molecule has 2 heteroatoms. The van der Waals surface area contributed by atoms with E-state index in [-0.39, 0.29) is 11.3 Å². The van der Waals surface area contributed by atoms with Crippen molar-refractivity contribution in [3.8, 4) is 16.9 Å². The second kappa shape index (κ2) is 8.72. The highest BCUT2D eigenvalue weighted by Crippen LogP contribution is 2.51. The van der Waals surface area contributed by atoms with Crippen molar-refractivity contribution >= 4 is 13.3 Å². The van der Waals surface area contributed by atoms with E-state index in [2.05, 4.69) is 123 Å². The zero-order valence-electron chi connectivity index (χ0n) is 22.5. The predicted octanol–water partition coefficient (Wildman–Crippen LogP) is 8.74. The third-order valence-corrected chi connectivity index (χ3v) is 15.5. The smallest absolute Gasteiger partial charge is 0.119 e. The monoisotopic (exact) mass is 470 g/mol. The first-order valence-electron chi connectivity index (χ1n) is 13.0. The molecule has 0 bridgehead atoms. The van der Waals surface area contributed by atoms with Crippen molar-refractivity contribution in [1.82, 2.24) is 0 Å². The Bertz CT molecular complexity index is 1130. The Morgan fingerprint density at radius 1 is 0.676 bits per heavy atom. The highest BCUT2D eigenvalue weighted by atomic mass is 28.3. The number of aromatic hydroxyl groups is 1. The fraction of sp³-hybridized carbons (Fsp3) is 0.438. The summed E-state index contributed by atoms with van der Waals surface area (Å²) in [5.41, 5.74) is 9.22. The highest BCUT2D eigenvalue weighted by Gasteiger charge is 2.47. The van der Waals surface area contributed by atoms with Gasteiger partial charge >= 0.3 is 0 Å². The molecule has 0 unspecified atom stereocenters. The molecule has 0 aromatic heterocycles.